The van der Waals surface area contributed by atoms with Crippen LogP contribution in [0.5, 0.6) is 0 Å². The van der Waals surface area contributed by atoms with Crippen LogP contribution in [0.15, 0.2) is 0 Å². The van der Waals surface area contributed by atoms with Gasteiger partial charge < -0.3 is 14.7 Å². The number of hydrogen-bond acceptors (Lipinski definition) is 9. The van der Waals surface area contributed by atoms with E-state index < -0.39 is 23.9 Å². The van der Waals surface area contributed by atoms with Crippen LogP contribution in [0, 0.1) is 17.3 Å². The van der Waals surface area contributed by atoms with Crippen LogP contribution in [0.4, 0.5) is 0 Å². The Morgan fingerprint density at radius 1 is 0.657 bits per heavy atom. The smallest absolute Gasteiger partial charge is 0.353 e. The van der Waals surface area contributed by atoms with Crippen LogP contribution in [-0.2, 0) is 27.7 Å². The molecule has 0 aliphatic carbocycles. The highest BCUT2D eigenvalue weighted by molar-refractivity contribution is 8.47. The number of amides is 2. The summed E-state index contributed by atoms with van der Waals surface area (Å²) in [5, 5.41) is 3.16. The van der Waals surface area contributed by atoms with Crippen molar-refractivity contribution in [3.8, 4) is 0 Å². The third kappa shape index (κ3) is 29.8. The van der Waals surface area contributed by atoms with E-state index in [-0.39, 0.29) is 37.5 Å². The molecule has 0 aliphatic rings. The number of thioether (sulfide) groups is 2. The highest BCUT2D eigenvalue weighted by Crippen LogP contribution is 2.51. The molecule has 13 heteroatoms. The topological polar surface area (TPSA) is 94.2 Å². The minimum absolute atomic E-state index is 0.0234. The highest BCUT2D eigenvalue weighted by atomic mass is 32.2. The standard InChI is InChI=1S/C54H108N3O6PS3/c1-13-19-21-23-25-27-29-31-33-35-37-39-42-56(43-40-38-36-34-32-30-28-26-24-22-20-14-2)51(59)48(7)53(15-3,16-4)47-49(54(17-5,18-6)67-52(65)66-12)50(58)55-41-45-62-64(60,61-11)63-46-44-57(8,9)10/h48-49H,13-47H2,1-12H3/p+1. The average Bonchev–Trinajstić information content (AvgIpc) is 3.31. The highest BCUT2D eigenvalue weighted by Gasteiger charge is 2.49. The van der Waals surface area contributed by atoms with Crippen LogP contribution >= 0.6 is 43.6 Å². The Morgan fingerprint density at radius 3 is 1.42 bits per heavy atom. The number of unbranched alkanes of at least 4 members (excludes halogenated alkanes) is 22. The van der Waals surface area contributed by atoms with Crippen LogP contribution in [-0.4, -0.2) is 103 Å². The van der Waals surface area contributed by atoms with Crippen molar-refractivity contribution in [3.63, 3.8) is 0 Å². The molecule has 0 rings (SSSR count). The lowest BCUT2D eigenvalue weighted by Gasteiger charge is -2.46. The molecule has 0 heterocycles. The number of carbonyl (C=O) groups excluding carboxylic acids is 2. The van der Waals surface area contributed by atoms with Crippen LogP contribution in [0.1, 0.15) is 235 Å². The number of carbonyl (C=O) groups is 2. The van der Waals surface area contributed by atoms with Gasteiger partial charge in [0.1, 0.15) is 16.7 Å². The molecule has 0 bridgehead atoms. The third-order valence-corrected chi connectivity index (χ3v) is 19.4. The SMILES string of the molecule is CCCCCCCCCCCCCCN(CCCCCCCCCCCCCC)C(=O)C(C)C(CC)(CC)CC(C(=O)NCCOP(=O)(OC)OCC[N+](C)(C)C)C(CC)(CC)SC(=S)SC. The van der Waals surface area contributed by atoms with Crippen LogP contribution < -0.4 is 5.32 Å². The van der Waals surface area contributed by atoms with E-state index in [0.29, 0.717) is 17.4 Å². The van der Waals surface area contributed by atoms with Crippen LogP contribution in [0.25, 0.3) is 0 Å². The molecule has 0 spiro atoms. The summed E-state index contributed by atoms with van der Waals surface area (Å²) < 4.78 is 30.6. The van der Waals surface area contributed by atoms with Crippen molar-refractivity contribution in [3.05, 3.63) is 0 Å². The molecule has 0 fully saturated rings. The number of rotatable bonds is 46. The third-order valence-electron chi connectivity index (χ3n) is 14.7. The summed E-state index contributed by atoms with van der Waals surface area (Å²) in [6.45, 7) is 18.0. The Labute approximate surface area is 429 Å². The van der Waals surface area contributed by atoms with Gasteiger partial charge in [-0.3, -0.25) is 23.2 Å². The molecule has 398 valence electrons. The minimum Gasteiger partial charge on any atom is -0.353 e. The first-order valence-corrected chi connectivity index (χ1v) is 31.5. The first kappa shape index (κ1) is 66.8. The Balaban J connectivity index is 6.16. The number of quaternary nitrogens is 1. The predicted octanol–water partition coefficient (Wildman–Crippen LogP) is 16.2. The van der Waals surface area contributed by atoms with E-state index in [9.17, 15) is 9.36 Å². The van der Waals surface area contributed by atoms with Crippen molar-refractivity contribution in [1.29, 1.82) is 0 Å². The van der Waals surface area contributed by atoms with Crippen molar-refractivity contribution in [1.82, 2.24) is 10.2 Å². The molecule has 0 saturated heterocycles. The molecule has 0 saturated carbocycles. The Bertz CT molecular complexity index is 1270. The van der Waals surface area contributed by atoms with Gasteiger partial charge in [0.2, 0.25) is 11.8 Å². The molecule has 3 unspecified atom stereocenters. The minimum atomic E-state index is -3.79. The second kappa shape index (κ2) is 40.3. The zero-order valence-corrected chi connectivity index (χ0v) is 49.3. The van der Waals surface area contributed by atoms with E-state index in [0.717, 1.165) is 68.0 Å². The molecule has 2 amide bonds. The summed E-state index contributed by atoms with van der Waals surface area (Å²) in [7, 11) is 3.63. The van der Waals surface area contributed by atoms with Gasteiger partial charge in [0.15, 0.2) is 0 Å². The van der Waals surface area contributed by atoms with Gasteiger partial charge >= 0.3 is 7.82 Å². The van der Waals surface area contributed by atoms with Crippen molar-refractivity contribution in [2.24, 2.45) is 17.3 Å². The van der Waals surface area contributed by atoms with Gasteiger partial charge in [0.05, 0.1) is 33.7 Å². The second-order valence-corrected chi connectivity index (χ2v) is 25.8. The normalized spacial score (nSPS) is 14.2. The van der Waals surface area contributed by atoms with Gasteiger partial charge in [-0.1, -0.05) is 202 Å². The summed E-state index contributed by atoms with van der Waals surface area (Å²) in [6, 6.07) is 0. The van der Waals surface area contributed by atoms with Gasteiger partial charge in [-0.2, -0.15) is 0 Å². The Kier molecular flexibility index (Phi) is 40.2. The average molecular weight is 1020 g/mol. The first-order chi connectivity index (χ1) is 32.0. The van der Waals surface area contributed by atoms with Crippen molar-refractivity contribution >= 4 is 58.9 Å². The fraction of sp³-hybridized carbons (Fsp3) is 0.944. The number of likely N-dealkylation sites (N-methyl/N-ethyl adjacent to an activating group) is 1. The van der Waals surface area contributed by atoms with E-state index in [2.05, 4.69) is 58.7 Å². The maximum absolute atomic E-state index is 15.0. The zero-order valence-electron chi connectivity index (χ0n) is 45.9. The molecule has 1 N–H and O–H groups in total. The Morgan fingerprint density at radius 2 is 1.06 bits per heavy atom. The molecular formula is C54H109N3O6PS3+. The molecule has 9 nitrogen and oxygen atoms in total. The molecule has 0 radical (unpaired) electrons. The first-order valence-electron chi connectivity index (χ1n) is 27.6. The lowest BCUT2D eigenvalue weighted by Crippen LogP contribution is -2.51. The molecule has 0 aliphatic heterocycles. The van der Waals surface area contributed by atoms with Crippen LogP contribution in [0.2, 0.25) is 0 Å². The van der Waals surface area contributed by atoms with E-state index in [1.807, 2.05) is 27.4 Å². The monoisotopic (exact) mass is 1020 g/mol. The lowest BCUT2D eigenvalue weighted by molar-refractivity contribution is -0.870. The fourth-order valence-corrected chi connectivity index (χ4v) is 12.8. The lowest BCUT2D eigenvalue weighted by atomic mass is 9.63. The quantitative estimate of drug-likeness (QED) is 0.0277. The molecule has 3 atom stereocenters. The van der Waals surface area contributed by atoms with E-state index in [1.54, 1.807) is 23.5 Å². The summed E-state index contributed by atoms with van der Waals surface area (Å²) in [5.74, 6) is -0.522. The maximum atomic E-state index is 15.0. The maximum Gasteiger partial charge on any atom is 0.474 e. The number of thiocarbonyl (C=S) groups is 1. The number of phosphoric ester groups is 1. The van der Waals surface area contributed by atoms with Gasteiger partial charge in [0, 0.05) is 37.4 Å². The summed E-state index contributed by atoms with van der Waals surface area (Å²) in [5.41, 5.74) is -0.400. The van der Waals surface area contributed by atoms with Crippen molar-refractivity contribution in [2.75, 3.05) is 73.9 Å². The molecule has 0 aromatic heterocycles. The molecule has 0 aromatic rings. The summed E-state index contributed by atoms with van der Waals surface area (Å²) in [6.07, 6.45) is 36.8. The van der Waals surface area contributed by atoms with Gasteiger partial charge in [-0.25, -0.2) is 4.57 Å². The van der Waals surface area contributed by atoms with E-state index in [4.69, 9.17) is 25.8 Å². The number of nitrogens with zero attached hydrogens (tertiary/aromatic N) is 2. The number of hydrogen-bond donors (Lipinski definition) is 1. The molecule has 0 aromatic carbocycles. The van der Waals surface area contributed by atoms with Crippen LogP contribution in [0.3, 0.4) is 0 Å². The van der Waals surface area contributed by atoms with Crippen molar-refractivity contribution < 1.29 is 32.2 Å². The summed E-state index contributed by atoms with van der Waals surface area (Å²) in [4.78, 5) is 32.0. The predicted molar refractivity (Wildman–Crippen MR) is 298 cm³/mol. The number of nitrogens with one attached hydrogen (secondary N) is 1. The second-order valence-electron chi connectivity index (χ2n) is 20.6. The Hall–Kier alpha value is -0.200. The number of phosphoric acid groups is 1. The van der Waals surface area contributed by atoms with Gasteiger partial charge in [0.25, 0.3) is 0 Å². The summed E-state index contributed by atoms with van der Waals surface area (Å²) >= 11 is 9.04. The van der Waals surface area contributed by atoms with E-state index in [1.165, 1.54) is 136 Å². The fourth-order valence-electron chi connectivity index (χ4n) is 9.60. The van der Waals surface area contributed by atoms with E-state index >= 15 is 4.79 Å². The zero-order chi connectivity index (χ0) is 50.5. The van der Waals surface area contributed by atoms with Crippen molar-refractivity contribution in [2.45, 2.75) is 239 Å². The molecular weight excluding hydrogens is 914 g/mol. The largest absolute Gasteiger partial charge is 0.474 e. The van der Waals surface area contributed by atoms with Gasteiger partial charge in [-0.15, -0.1) is 23.5 Å². The molecule has 67 heavy (non-hydrogen) atoms. The van der Waals surface area contributed by atoms with Gasteiger partial charge in [-0.05, 0) is 56.6 Å².